The van der Waals surface area contributed by atoms with Gasteiger partial charge < -0.3 is 24.4 Å². The number of pyridine rings is 1. The highest BCUT2D eigenvalue weighted by Crippen LogP contribution is 2.40. The molecule has 0 aliphatic carbocycles. The molecule has 204 valence electrons. The number of benzene rings is 1. The molecule has 2 fully saturated rings. The zero-order chi connectivity index (χ0) is 26.7. The van der Waals surface area contributed by atoms with Crippen molar-refractivity contribution in [3.05, 3.63) is 41.0 Å². The van der Waals surface area contributed by atoms with Crippen LogP contribution in [0.2, 0.25) is 0 Å². The molecule has 5 rings (SSSR count). The molecular formula is C28H37N5O4S. The molecule has 2 saturated heterocycles. The lowest BCUT2D eigenvalue weighted by molar-refractivity contribution is -0.148. The number of carboxylic acid groups (broad SMARTS) is 1. The molecule has 2 aliphatic heterocycles. The Hall–Kier alpha value is -2.95. The van der Waals surface area contributed by atoms with Crippen molar-refractivity contribution in [1.82, 2.24) is 14.9 Å². The van der Waals surface area contributed by atoms with Crippen LogP contribution in [0.5, 0.6) is 5.75 Å². The van der Waals surface area contributed by atoms with Gasteiger partial charge in [-0.25, -0.2) is 4.98 Å². The van der Waals surface area contributed by atoms with E-state index in [9.17, 15) is 9.90 Å². The van der Waals surface area contributed by atoms with Crippen LogP contribution in [0.3, 0.4) is 0 Å². The first kappa shape index (κ1) is 26.6. The van der Waals surface area contributed by atoms with Gasteiger partial charge in [0, 0.05) is 62.8 Å². The van der Waals surface area contributed by atoms with E-state index in [1.54, 1.807) is 25.2 Å². The van der Waals surface area contributed by atoms with Gasteiger partial charge in [-0.1, -0.05) is 6.07 Å². The number of aromatic nitrogens is 2. The van der Waals surface area contributed by atoms with Gasteiger partial charge in [0.05, 0.1) is 29.8 Å². The van der Waals surface area contributed by atoms with Crippen LogP contribution in [0.15, 0.2) is 29.8 Å². The first-order valence-electron chi connectivity index (χ1n) is 13.3. The summed E-state index contributed by atoms with van der Waals surface area (Å²) in [6.07, 6.45) is 2.81. The molecule has 0 amide bonds. The zero-order valence-corrected chi connectivity index (χ0v) is 23.3. The minimum atomic E-state index is -0.994. The zero-order valence-electron chi connectivity index (χ0n) is 22.5. The molecule has 0 bridgehead atoms. The maximum Gasteiger partial charge on any atom is 0.312 e. The van der Waals surface area contributed by atoms with Crippen LogP contribution < -0.4 is 14.5 Å². The second-order valence-corrected chi connectivity index (χ2v) is 11.6. The number of anilines is 2. The number of rotatable bonds is 8. The van der Waals surface area contributed by atoms with E-state index in [1.165, 1.54) is 0 Å². The molecule has 1 N–H and O–H groups in total. The number of hydrogen-bond donors (Lipinski definition) is 1. The number of hydrogen-bond acceptors (Lipinski definition) is 9. The SMILES string of the molecule is Cc1cc2cccnc2c(N2CCCN(Cc3csc(N4CCOCC4)n3)CC2)c1OCC(C)(C)C(=O)O. The molecule has 2 aliphatic rings. The van der Waals surface area contributed by atoms with Crippen LogP contribution in [0.4, 0.5) is 10.8 Å². The number of aryl methyl sites for hydroxylation is 1. The Balaban J connectivity index is 1.34. The van der Waals surface area contributed by atoms with Crippen LogP contribution in [0.25, 0.3) is 10.9 Å². The topological polar surface area (TPSA) is 91.3 Å². The summed E-state index contributed by atoms with van der Waals surface area (Å²) in [4.78, 5) is 28.5. The van der Waals surface area contributed by atoms with Crippen molar-refractivity contribution in [2.24, 2.45) is 5.41 Å². The summed E-state index contributed by atoms with van der Waals surface area (Å²) in [6.45, 7) is 13.2. The van der Waals surface area contributed by atoms with Crippen molar-refractivity contribution in [2.45, 2.75) is 33.7 Å². The van der Waals surface area contributed by atoms with Gasteiger partial charge in [0.2, 0.25) is 0 Å². The number of ether oxygens (including phenoxy) is 2. The Kier molecular flexibility index (Phi) is 8.01. The van der Waals surface area contributed by atoms with Crippen LogP contribution in [-0.2, 0) is 16.1 Å². The van der Waals surface area contributed by atoms with Crippen molar-refractivity contribution in [2.75, 3.05) is 68.9 Å². The van der Waals surface area contributed by atoms with Crippen molar-refractivity contribution < 1.29 is 19.4 Å². The highest BCUT2D eigenvalue weighted by molar-refractivity contribution is 7.13. The van der Waals surface area contributed by atoms with Crippen LogP contribution in [0, 0.1) is 12.3 Å². The van der Waals surface area contributed by atoms with E-state index in [-0.39, 0.29) is 6.61 Å². The van der Waals surface area contributed by atoms with Gasteiger partial charge in [-0.15, -0.1) is 11.3 Å². The van der Waals surface area contributed by atoms with E-state index in [1.807, 2.05) is 19.2 Å². The van der Waals surface area contributed by atoms with Gasteiger partial charge in [0.1, 0.15) is 18.0 Å². The van der Waals surface area contributed by atoms with Gasteiger partial charge in [-0.05, 0) is 44.9 Å². The molecule has 10 heteroatoms. The second-order valence-electron chi connectivity index (χ2n) is 10.8. The van der Waals surface area contributed by atoms with Gasteiger partial charge in [-0.3, -0.25) is 14.7 Å². The average Bonchev–Trinajstić information content (AvgIpc) is 3.26. The quantitative estimate of drug-likeness (QED) is 0.455. The van der Waals surface area contributed by atoms with Crippen LogP contribution in [-0.4, -0.2) is 85.0 Å². The highest BCUT2D eigenvalue weighted by atomic mass is 32.1. The third-order valence-corrected chi connectivity index (χ3v) is 8.23. The van der Waals surface area contributed by atoms with E-state index in [0.717, 1.165) is 104 Å². The van der Waals surface area contributed by atoms with Crippen LogP contribution in [0.1, 0.15) is 31.5 Å². The largest absolute Gasteiger partial charge is 0.490 e. The van der Waals surface area contributed by atoms with E-state index in [0.29, 0.717) is 0 Å². The predicted molar refractivity (Wildman–Crippen MR) is 151 cm³/mol. The lowest BCUT2D eigenvalue weighted by atomic mass is 9.95. The fourth-order valence-corrected chi connectivity index (χ4v) is 5.84. The van der Waals surface area contributed by atoms with Gasteiger partial charge in [0.15, 0.2) is 5.13 Å². The molecule has 38 heavy (non-hydrogen) atoms. The molecule has 4 heterocycles. The van der Waals surface area contributed by atoms with E-state index >= 15 is 0 Å². The Morgan fingerprint density at radius 2 is 1.97 bits per heavy atom. The summed E-state index contributed by atoms with van der Waals surface area (Å²) in [7, 11) is 0. The number of nitrogens with zero attached hydrogens (tertiary/aromatic N) is 5. The Morgan fingerprint density at radius 1 is 1.16 bits per heavy atom. The van der Waals surface area contributed by atoms with Gasteiger partial charge in [-0.2, -0.15) is 0 Å². The standard InChI is InChI=1S/C28H37N5O4S/c1-20-16-21-6-4-7-29-23(21)24(25(20)37-19-28(2,3)26(34)35)32-9-5-8-31(10-11-32)17-22-18-38-27(30-22)33-12-14-36-15-13-33/h4,6-7,16,18H,5,8-15,17,19H2,1-3H3,(H,34,35). The number of fused-ring (bicyclic) bond motifs is 1. The first-order valence-corrected chi connectivity index (χ1v) is 14.2. The number of aliphatic carboxylic acids is 1. The molecule has 0 unspecified atom stereocenters. The number of carbonyl (C=O) groups is 1. The van der Waals surface area contributed by atoms with Gasteiger partial charge >= 0.3 is 5.97 Å². The minimum Gasteiger partial charge on any atom is -0.490 e. The molecule has 2 aromatic heterocycles. The highest BCUT2D eigenvalue weighted by Gasteiger charge is 2.30. The summed E-state index contributed by atoms with van der Waals surface area (Å²) in [5.41, 5.74) is 2.97. The number of morpholine rings is 1. The lowest BCUT2D eigenvalue weighted by Gasteiger charge is -2.29. The molecule has 1 aromatic carbocycles. The molecule has 0 radical (unpaired) electrons. The van der Waals surface area contributed by atoms with E-state index in [2.05, 4.69) is 32.2 Å². The average molecular weight is 540 g/mol. The second kappa shape index (κ2) is 11.4. The third-order valence-electron chi connectivity index (χ3n) is 7.28. The summed E-state index contributed by atoms with van der Waals surface area (Å²) < 4.78 is 11.8. The van der Waals surface area contributed by atoms with Crippen molar-refractivity contribution in [1.29, 1.82) is 0 Å². The number of thiazole rings is 1. The summed E-state index contributed by atoms with van der Waals surface area (Å²) in [6, 6.07) is 6.10. The summed E-state index contributed by atoms with van der Waals surface area (Å²) >= 11 is 1.72. The molecular weight excluding hydrogens is 502 g/mol. The summed E-state index contributed by atoms with van der Waals surface area (Å²) in [5, 5.41) is 13.9. The molecule has 9 nitrogen and oxygen atoms in total. The summed E-state index contributed by atoms with van der Waals surface area (Å²) in [5.74, 6) is -0.145. The Labute approximate surface area is 228 Å². The van der Waals surface area contributed by atoms with E-state index < -0.39 is 11.4 Å². The predicted octanol–water partition coefficient (Wildman–Crippen LogP) is 4.04. The first-order chi connectivity index (χ1) is 18.3. The normalized spacial score (nSPS) is 17.6. The monoisotopic (exact) mass is 539 g/mol. The Bertz CT molecular complexity index is 1270. The van der Waals surface area contributed by atoms with Gasteiger partial charge in [0.25, 0.3) is 0 Å². The maximum absolute atomic E-state index is 11.7. The fraction of sp³-hybridized carbons (Fsp3) is 0.536. The molecule has 0 spiro atoms. The lowest BCUT2D eigenvalue weighted by Crippen LogP contribution is -2.36. The maximum atomic E-state index is 11.7. The number of carboxylic acids is 1. The van der Waals surface area contributed by atoms with E-state index in [4.69, 9.17) is 19.4 Å². The van der Waals surface area contributed by atoms with Crippen molar-refractivity contribution >= 4 is 39.0 Å². The molecule has 0 atom stereocenters. The molecule has 0 saturated carbocycles. The van der Waals surface area contributed by atoms with Crippen molar-refractivity contribution in [3.8, 4) is 5.75 Å². The minimum absolute atomic E-state index is 0.0871. The fourth-order valence-electron chi connectivity index (χ4n) is 4.97. The third kappa shape index (κ3) is 5.87. The molecule has 3 aromatic rings. The van der Waals surface area contributed by atoms with Crippen molar-refractivity contribution in [3.63, 3.8) is 0 Å². The smallest absolute Gasteiger partial charge is 0.312 e. The van der Waals surface area contributed by atoms with Crippen LogP contribution >= 0.6 is 11.3 Å². The Morgan fingerprint density at radius 3 is 2.76 bits per heavy atom.